The van der Waals surface area contributed by atoms with E-state index < -0.39 is 0 Å². The van der Waals surface area contributed by atoms with Gasteiger partial charge in [0.05, 0.1) is 6.61 Å². The van der Waals surface area contributed by atoms with Crippen molar-refractivity contribution in [3.05, 3.63) is 0 Å². The van der Waals surface area contributed by atoms with Crippen molar-refractivity contribution in [1.29, 1.82) is 0 Å². The number of rotatable bonds is 7. The highest BCUT2D eigenvalue weighted by Gasteiger charge is 2.17. The second-order valence-electron chi connectivity index (χ2n) is 3.27. The molecule has 0 aliphatic rings. The highest BCUT2D eigenvalue weighted by molar-refractivity contribution is 5.74. The van der Waals surface area contributed by atoms with Crippen molar-refractivity contribution in [2.45, 2.75) is 26.3 Å². The number of amides is 1. The van der Waals surface area contributed by atoms with E-state index in [0.717, 1.165) is 6.54 Å². The Morgan fingerprint density at radius 3 is 2.62 bits per heavy atom. The molecule has 13 heavy (non-hydrogen) atoms. The monoisotopic (exact) mass is 188 g/mol. The van der Waals surface area contributed by atoms with Gasteiger partial charge in [-0.25, -0.2) is 0 Å². The first-order valence-electron chi connectivity index (χ1n) is 4.62. The van der Waals surface area contributed by atoms with Crippen LogP contribution in [0.4, 0.5) is 0 Å². The van der Waals surface area contributed by atoms with Gasteiger partial charge in [-0.1, -0.05) is 13.8 Å². The third kappa shape index (κ3) is 5.60. The maximum absolute atomic E-state index is 10.7. The van der Waals surface area contributed by atoms with E-state index in [1.807, 2.05) is 13.8 Å². The lowest BCUT2D eigenvalue weighted by atomic mass is 9.99. The van der Waals surface area contributed by atoms with Crippen LogP contribution in [0.3, 0.4) is 0 Å². The van der Waals surface area contributed by atoms with Crippen molar-refractivity contribution in [3.8, 4) is 0 Å². The van der Waals surface area contributed by atoms with Gasteiger partial charge < -0.3 is 15.8 Å². The molecule has 2 atom stereocenters. The van der Waals surface area contributed by atoms with Crippen molar-refractivity contribution < 1.29 is 9.53 Å². The highest BCUT2D eigenvalue weighted by Crippen LogP contribution is 2.06. The van der Waals surface area contributed by atoms with E-state index in [9.17, 15) is 4.79 Å². The van der Waals surface area contributed by atoms with Gasteiger partial charge in [-0.2, -0.15) is 0 Å². The first-order chi connectivity index (χ1) is 6.11. The summed E-state index contributed by atoms with van der Waals surface area (Å²) in [6, 6.07) is 0.127. The third-order valence-corrected chi connectivity index (χ3v) is 2.00. The fourth-order valence-electron chi connectivity index (χ4n) is 1.33. The van der Waals surface area contributed by atoms with Gasteiger partial charge in [-0.05, 0) is 12.5 Å². The molecule has 0 saturated carbocycles. The maximum atomic E-state index is 10.7. The van der Waals surface area contributed by atoms with Crippen molar-refractivity contribution in [1.82, 2.24) is 5.32 Å². The number of carbonyl (C=O) groups excluding carboxylic acids is 1. The lowest BCUT2D eigenvalue weighted by molar-refractivity contribution is -0.118. The number of carbonyl (C=O) groups is 1. The predicted molar refractivity (Wildman–Crippen MR) is 52.3 cm³/mol. The molecule has 0 spiro atoms. The summed E-state index contributed by atoms with van der Waals surface area (Å²) in [6.07, 6.45) is 0.373. The number of ether oxygens (including phenoxy) is 1. The van der Waals surface area contributed by atoms with Gasteiger partial charge in [-0.3, -0.25) is 4.79 Å². The van der Waals surface area contributed by atoms with E-state index in [1.165, 1.54) is 0 Å². The van der Waals surface area contributed by atoms with Crippen molar-refractivity contribution in [2.75, 3.05) is 20.3 Å². The molecule has 2 unspecified atom stereocenters. The largest absolute Gasteiger partial charge is 0.384 e. The number of methoxy groups -OCH3 is 1. The number of nitrogens with two attached hydrogens (primary N) is 1. The van der Waals surface area contributed by atoms with E-state index in [-0.39, 0.29) is 11.9 Å². The van der Waals surface area contributed by atoms with E-state index >= 15 is 0 Å². The second kappa shape index (κ2) is 6.86. The summed E-state index contributed by atoms with van der Waals surface area (Å²) in [7, 11) is 1.66. The maximum Gasteiger partial charge on any atom is 0.218 e. The summed E-state index contributed by atoms with van der Waals surface area (Å²) in [5, 5.41) is 3.22. The molecule has 3 N–H and O–H groups in total. The Hall–Kier alpha value is -0.610. The Kier molecular flexibility index (Phi) is 6.54. The smallest absolute Gasteiger partial charge is 0.218 e. The van der Waals surface area contributed by atoms with Crippen LogP contribution in [-0.4, -0.2) is 32.2 Å². The Labute approximate surface area is 79.8 Å². The lowest BCUT2D eigenvalue weighted by Gasteiger charge is -2.22. The SMILES string of the molecule is CCNC(CC(N)=O)C(C)COC. The average molecular weight is 188 g/mol. The van der Waals surface area contributed by atoms with Gasteiger partial charge in [0.15, 0.2) is 0 Å². The van der Waals surface area contributed by atoms with Gasteiger partial charge in [0, 0.05) is 19.6 Å². The zero-order chi connectivity index (χ0) is 10.3. The van der Waals surface area contributed by atoms with Crippen molar-refractivity contribution in [3.63, 3.8) is 0 Å². The molecule has 0 heterocycles. The van der Waals surface area contributed by atoms with Crippen LogP contribution in [0.15, 0.2) is 0 Å². The summed E-state index contributed by atoms with van der Waals surface area (Å²) in [4.78, 5) is 10.7. The van der Waals surface area contributed by atoms with E-state index in [0.29, 0.717) is 18.9 Å². The van der Waals surface area contributed by atoms with E-state index in [4.69, 9.17) is 10.5 Å². The molecule has 0 rings (SSSR count). The van der Waals surface area contributed by atoms with Crippen LogP contribution in [0.5, 0.6) is 0 Å². The van der Waals surface area contributed by atoms with Gasteiger partial charge >= 0.3 is 0 Å². The van der Waals surface area contributed by atoms with Gasteiger partial charge in [0.1, 0.15) is 0 Å². The fourth-order valence-corrected chi connectivity index (χ4v) is 1.33. The second-order valence-corrected chi connectivity index (χ2v) is 3.27. The van der Waals surface area contributed by atoms with E-state index in [1.54, 1.807) is 7.11 Å². The molecule has 0 fully saturated rings. The predicted octanol–water partition coefficient (Wildman–Crippen LogP) is 0.122. The molecular formula is C9H20N2O2. The summed E-state index contributed by atoms with van der Waals surface area (Å²) >= 11 is 0. The molecule has 4 heteroatoms. The van der Waals surface area contributed by atoms with Crippen LogP contribution >= 0.6 is 0 Å². The minimum atomic E-state index is -0.270. The Morgan fingerprint density at radius 1 is 1.62 bits per heavy atom. The van der Waals surface area contributed by atoms with Crippen LogP contribution < -0.4 is 11.1 Å². The van der Waals surface area contributed by atoms with Crippen molar-refractivity contribution in [2.24, 2.45) is 11.7 Å². The average Bonchev–Trinajstić information content (AvgIpc) is 2.03. The summed E-state index contributed by atoms with van der Waals surface area (Å²) in [5.41, 5.74) is 5.14. The Balaban J connectivity index is 3.97. The number of primary amides is 1. The van der Waals surface area contributed by atoms with Crippen LogP contribution in [0.25, 0.3) is 0 Å². The van der Waals surface area contributed by atoms with Crippen LogP contribution in [0.1, 0.15) is 20.3 Å². The molecule has 0 radical (unpaired) electrons. The summed E-state index contributed by atoms with van der Waals surface area (Å²) in [5.74, 6) is 0.0337. The van der Waals surface area contributed by atoms with E-state index in [2.05, 4.69) is 5.32 Å². The fraction of sp³-hybridized carbons (Fsp3) is 0.889. The minimum absolute atomic E-state index is 0.127. The first-order valence-corrected chi connectivity index (χ1v) is 4.62. The molecular weight excluding hydrogens is 168 g/mol. The zero-order valence-corrected chi connectivity index (χ0v) is 8.67. The number of hydrogen-bond acceptors (Lipinski definition) is 3. The summed E-state index contributed by atoms with van der Waals surface area (Å²) in [6.45, 7) is 5.53. The Morgan fingerprint density at radius 2 is 2.23 bits per heavy atom. The molecule has 0 aliphatic carbocycles. The van der Waals surface area contributed by atoms with Gasteiger partial charge in [0.25, 0.3) is 0 Å². The first kappa shape index (κ1) is 12.4. The zero-order valence-electron chi connectivity index (χ0n) is 8.67. The molecule has 0 aromatic rings. The molecule has 4 nitrogen and oxygen atoms in total. The lowest BCUT2D eigenvalue weighted by Crippen LogP contribution is -2.40. The summed E-state index contributed by atoms with van der Waals surface area (Å²) < 4.78 is 5.02. The topological polar surface area (TPSA) is 64.3 Å². The molecule has 1 amide bonds. The molecule has 0 aliphatic heterocycles. The van der Waals surface area contributed by atoms with Crippen LogP contribution in [0, 0.1) is 5.92 Å². The van der Waals surface area contributed by atoms with Crippen LogP contribution in [-0.2, 0) is 9.53 Å². The van der Waals surface area contributed by atoms with Crippen LogP contribution in [0.2, 0.25) is 0 Å². The molecule has 0 saturated heterocycles. The third-order valence-electron chi connectivity index (χ3n) is 2.00. The number of nitrogens with one attached hydrogen (secondary N) is 1. The normalized spacial score (nSPS) is 15.3. The minimum Gasteiger partial charge on any atom is -0.384 e. The highest BCUT2D eigenvalue weighted by atomic mass is 16.5. The standard InChI is InChI=1S/C9H20N2O2/c1-4-11-8(5-9(10)12)7(2)6-13-3/h7-8,11H,4-6H2,1-3H3,(H2,10,12). The molecule has 0 aromatic carbocycles. The quantitative estimate of drug-likeness (QED) is 0.596. The van der Waals surface area contributed by atoms with Gasteiger partial charge in [0.2, 0.25) is 5.91 Å². The molecule has 78 valence electrons. The van der Waals surface area contributed by atoms with Gasteiger partial charge in [-0.15, -0.1) is 0 Å². The molecule has 0 bridgehead atoms. The molecule has 0 aromatic heterocycles. The Bertz CT molecular complexity index is 151. The number of hydrogen-bond donors (Lipinski definition) is 2. The van der Waals surface area contributed by atoms with Crippen molar-refractivity contribution >= 4 is 5.91 Å².